The van der Waals surface area contributed by atoms with Gasteiger partial charge in [0, 0.05) is 19.3 Å². The Morgan fingerprint density at radius 1 is 0.289 bits per heavy atom. The van der Waals surface area contributed by atoms with Crippen molar-refractivity contribution in [3.63, 3.8) is 0 Å². The van der Waals surface area contributed by atoms with Gasteiger partial charge in [-0.2, -0.15) is 0 Å². The summed E-state index contributed by atoms with van der Waals surface area (Å²) in [4.78, 5) is 58.5. The van der Waals surface area contributed by atoms with Crippen LogP contribution in [-0.4, -0.2) is 95.9 Å². The SMILES string of the molecule is CC/C=C\C/C=C\C/C=C\C/C=C\C/C=C\C/C=C\CCCCCCCCC(=O)OCC(O)COP(=O)(O)OCC(O)COP(=O)(O)OCC(COC(=O)CC/C=C\C/C=C\C/C=C\C/C=C\C/C=C\C/C=C\CC)OC(=O)CCCCCC/C=C\C/C=C\C/C=C\C/C=C\CC. The molecule has 0 saturated carbocycles. The van der Waals surface area contributed by atoms with Gasteiger partial charge in [0.25, 0.3) is 0 Å². The molecule has 16 nitrogen and oxygen atoms in total. The molecule has 0 heterocycles. The van der Waals surface area contributed by atoms with E-state index >= 15 is 0 Å². The van der Waals surface area contributed by atoms with E-state index in [0.717, 1.165) is 161 Å². The number of aliphatic hydroxyl groups excluding tert-OH is 2. The highest BCUT2D eigenvalue weighted by Gasteiger charge is 2.29. The molecule has 0 spiro atoms. The van der Waals surface area contributed by atoms with Crippen LogP contribution < -0.4 is 0 Å². The molecule has 0 rings (SSSR count). The van der Waals surface area contributed by atoms with Crippen LogP contribution in [0.2, 0.25) is 0 Å². The third-order valence-electron chi connectivity index (χ3n) is 13.8. The minimum absolute atomic E-state index is 0.0308. The molecule has 0 radical (unpaired) electrons. The lowest BCUT2D eigenvalue weighted by atomic mass is 10.1. The number of esters is 3. The van der Waals surface area contributed by atoms with Gasteiger partial charge >= 0.3 is 33.6 Å². The molecule has 0 aliphatic carbocycles. The van der Waals surface area contributed by atoms with E-state index in [4.69, 9.17) is 32.3 Å². The zero-order valence-corrected chi connectivity index (χ0v) is 60.9. The van der Waals surface area contributed by atoms with Gasteiger partial charge in [-0.3, -0.25) is 32.5 Å². The van der Waals surface area contributed by atoms with Crippen molar-refractivity contribution in [1.82, 2.24) is 0 Å². The molecule has 0 saturated heterocycles. The quantitative estimate of drug-likeness (QED) is 0.0146. The predicted octanol–water partition coefficient (Wildman–Crippen LogP) is 20.4. The maximum Gasteiger partial charge on any atom is 0.472 e. The maximum atomic E-state index is 12.9. The lowest BCUT2D eigenvalue weighted by molar-refractivity contribution is -0.161. The average Bonchev–Trinajstić information content (AvgIpc) is 2.50. The molecule has 18 heteroatoms. The van der Waals surface area contributed by atoms with E-state index in [0.29, 0.717) is 25.7 Å². The third kappa shape index (κ3) is 71.5. The van der Waals surface area contributed by atoms with Crippen LogP contribution in [0.3, 0.4) is 0 Å². The monoisotopic (exact) mass is 1390 g/mol. The Morgan fingerprint density at radius 3 is 0.876 bits per heavy atom. The summed E-state index contributed by atoms with van der Waals surface area (Å²) in [5.41, 5.74) is 0. The number of carbonyl (C=O) groups is 3. The number of aliphatic hydroxyl groups is 2. The van der Waals surface area contributed by atoms with Crippen LogP contribution in [0.5, 0.6) is 0 Å². The fourth-order valence-corrected chi connectivity index (χ4v) is 10.1. The first-order chi connectivity index (χ1) is 47.2. The van der Waals surface area contributed by atoms with Crippen LogP contribution in [0.1, 0.15) is 226 Å². The van der Waals surface area contributed by atoms with Gasteiger partial charge in [-0.15, -0.1) is 0 Å². The molecule has 0 aromatic heterocycles. The molecule has 0 aromatic carbocycles. The first-order valence-corrected chi connectivity index (χ1v) is 38.7. The van der Waals surface area contributed by atoms with Crippen molar-refractivity contribution in [3.8, 4) is 0 Å². The number of phosphoric ester groups is 2. The minimum atomic E-state index is -4.96. The van der Waals surface area contributed by atoms with Gasteiger partial charge in [-0.1, -0.05) is 254 Å². The number of phosphoric acid groups is 2. The van der Waals surface area contributed by atoms with E-state index in [9.17, 15) is 43.5 Å². The van der Waals surface area contributed by atoms with Gasteiger partial charge in [0.2, 0.25) is 0 Å². The van der Waals surface area contributed by atoms with E-state index < -0.39 is 91.5 Å². The molecule has 0 aromatic rings. The van der Waals surface area contributed by atoms with Gasteiger partial charge in [-0.25, -0.2) is 9.13 Å². The predicted molar refractivity (Wildman–Crippen MR) is 398 cm³/mol. The Kier molecular flexibility index (Phi) is 66.2. The van der Waals surface area contributed by atoms with Crippen LogP contribution >= 0.6 is 15.6 Å². The van der Waals surface area contributed by atoms with E-state index in [2.05, 4.69) is 197 Å². The number of allylic oxidation sites excluding steroid dienone is 32. The number of carbonyl (C=O) groups excluding carboxylic acids is 3. The van der Waals surface area contributed by atoms with Crippen molar-refractivity contribution in [2.24, 2.45) is 0 Å². The van der Waals surface area contributed by atoms with Gasteiger partial charge in [0.05, 0.1) is 26.4 Å². The van der Waals surface area contributed by atoms with Crippen LogP contribution in [0.25, 0.3) is 0 Å². The molecular formula is C79H124O16P2. The molecule has 0 aliphatic rings. The summed E-state index contributed by atoms with van der Waals surface area (Å²) in [6, 6.07) is 0. The standard InChI is InChI=1S/C79H124O16P2/c1-4-7-10-13-16-19-22-25-28-31-33-34-35-36-37-38-40-43-44-47-50-53-56-59-62-65-77(82)89-68-74(80)69-91-96(85,86)92-70-75(81)71-93-97(87,88)94-73-76(95-79(84)67-64-61-58-55-52-49-46-41-30-27-24-21-18-15-12-9-6-3)72-90-78(83)66-63-60-57-54-51-48-45-42-39-32-29-26-23-20-17-14-11-8-5-2/h7-12,16-21,25-30,33-34,36-37,39-40,42-43,46,48-49,51,57,60,74-76,80-81H,4-6,13-15,22-24,31-32,35,38,41,44-45,47,50,52-56,58-59,61-73H2,1-3H3,(H,85,86)(H,87,88)/b10-7-,11-8-,12-9-,19-16-,20-17-,21-18-,28-25-,29-26-,30-27-,34-33-,37-36-,42-39-,43-40-,49-46-,51-48-,60-57-. The van der Waals surface area contributed by atoms with Crippen molar-refractivity contribution < 1.29 is 75.8 Å². The lowest BCUT2D eigenvalue weighted by Gasteiger charge is -2.21. The first kappa shape index (κ1) is 91.4. The highest BCUT2D eigenvalue weighted by molar-refractivity contribution is 7.47. The van der Waals surface area contributed by atoms with Crippen molar-refractivity contribution in [1.29, 1.82) is 0 Å². The molecule has 0 amide bonds. The number of rotatable bonds is 65. The topological polar surface area (TPSA) is 231 Å². The van der Waals surface area contributed by atoms with Gasteiger partial charge in [0.15, 0.2) is 6.10 Å². The van der Waals surface area contributed by atoms with Gasteiger partial charge in [-0.05, 0) is 148 Å². The number of ether oxygens (including phenoxy) is 3. The summed E-state index contributed by atoms with van der Waals surface area (Å²) in [6.45, 7) is 2.15. The number of unbranched alkanes of at least 4 members (excludes halogenated alkanes) is 10. The van der Waals surface area contributed by atoms with Gasteiger partial charge < -0.3 is 34.2 Å². The Bertz CT molecular complexity index is 2540. The van der Waals surface area contributed by atoms with Crippen LogP contribution in [0.4, 0.5) is 0 Å². The molecule has 5 unspecified atom stereocenters. The van der Waals surface area contributed by atoms with E-state index in [1.165, 1.54) is 0 Å². The number of hydrogen-bond acceptors (Lipinski definition) is 14. The van der Waals surface area contributed by atoms with Gasteiger partial charge in [0.1, 0.15) is 25.4 Å². The van der Waals surface area contributed by atoms with E-state index in [1.54, 1.807) is 0 Å². The maximum absolute atomic E-state index is 12.9. The second-order valence-corrected chi connectivity index (χ2v) is 25.8. The van der Waals surface area contributed by atoms with Crippen molar-refractivity contribution in [2.45, 2.75) is 245 Å². The number of hydrogen-bond donors (Lipinski definition) is 4. The molecule has 5 atom stereocenters. The summed E-state index contributed by atoms with van der Waals surface area (Å²) < 4.78 is 60.9. The molecule has 4 N–H and O–H groups in total. The summed E-state index contributed by atoms with van der Waals surface area (Å²) in [7, 11) is -9.84. The van der Waals surface area contributed by atoms with Crippen molar-refractivity contribution >= 4 is 33.6 Å². The lowest BCUT2D eigenvalue weighted by Crippen LogP contribution is -2.30. The fourth-order valence-electron chi connectivity index (χ4n) is 8.47. The molecule has 0 aliphatic heterocycles. The second-order valence-electron chi connectivity index (χ2n) is 22.9. The Balaban J connectivity index is 4.76. The first-order valence-electron chi connectivity index (χ1n) is 35.7. The summed E-state index contributed by atoms with van der Waals surface area (Å²) in [5.74, 6) is -1.74. The molecular weight excluding hydrogens is 1270 g/mol. The zero-order valence-electron chi connectivity index (χ0n) is 59.2. The highest BCUT2D eigenvalue weighted by Crippen LogP contribution is 2.45. The highest BCUT2D eigenvalue weighted by atomic mass is 31.2. The Labute approximate surface area is 585 Å². The molecule has 546 valence electrons. The minimum Gasteiger partial charge on any atom is -0.463 e. The van der Waals surface area contributed by atoms with Crippen LogP contribution in [-0.2, 0) is 55.8 Å². The van der Waals surface area contributed by atoms with E-state index in [-0.39, 0.29) is 19.3 Å². The van der Waals surface area contributed by atoms with Crippen LogP contribution in [0.15, 0.2) is 194 Å². The smallest absolute Gasteiger partial charge is 0.463 e. The normalized spacial score (nSPS) is 15.2. The third-order valence-corrected chi connectivity index (χ3v) is 15.7. The zero-order chi connectivity index (χ0) is 70.9. The summed E-state index contributed by atoms with van der Waals surface area (Å²) in [6.07, 6.45) is 90.6. The van der Waals surface area contributed by atoms with Crippen LogP contribution in [0, 0.1) is 0 Å². The Hall–Kier alpha value is -5.61. The van der Waals surface area contributed by atoms with E-state index in [1.807, 2.05) is 18.2 Å². The summed E-state index contributed by atoms with van der Waals surface area (Å²) in [5, 5.41) is 20.6. The average molecular weight is 1390 g/mol. The van der Waals surface area contributed by atoms with Crippen molar-refractivity contribution in [2.75, 3.05) is 39.6 Å². The van der Waals surface area contributed by atoms with Crippen molar-refractivity contribution in [3.05, 3.63) is 194 Å². The largest absolute Gasteiger partial charge is 0.472 e. The second kappa shape index (κ2) is 70.3. The molecule has 97 heavy (non-hydrogen) atoms. The molecule has 0 bridgehead atoms. The fraction of sp³-hybridized carbons (Fsp3) is 0.557. The summed E-state index contributed by atoms with van der Waals surface area (Å²) >= 11 is 0. The molecule has 0 fully saturated rings. The Morgan fingerprint density at radius 2 is 0.536 bits per heavy atom.